The Morgan fingerprint density at radius 2 is 2.00 bits per heavy atom. The zero-order valence-corrected chi connectivity index (χ0v) is 13.7. The van der Waals surface area contributed by atoms with Crippen LogP contribution in [0.1, 0.15) is 12.6 Å². The highest BCUT2D eigenvalue weighted by Gasteiger charge is 2.22. The van der Waals surface area contributed by atoms with Gasteiger partial charge in [0.2, 0.25) is 0 Å². The first-order valence-corrected chi connectivity index (χ1v) is 8.06. The summed E-state index contributed by atoms with van der Waals surface area (Å²) in [5.41, 5.74) is 2.00. The third kappa shape index (κ3) is 3.76. The summed E-state index contributed by atoms with van der Waals surface area (Å²) in [6.45, 7) is 6.07. The third-order valence-corrected chi connectivity index (χ3v) is 4.49. The summed E-state index contributed by atoms with van der Waals surface area (Å²) in [6.07, 6.45) is 4.59. The van der Waals surface area contributed by atoms with Gasteiger partial charge in [-0.2, -0.15) is 5.10 Å². The van der Waals surface area contributed by atoms with Crippen LogP contribution in [0.3, 0.4) is 0 Å². The average molecular weight is 313 g/mol. The molecule has 23 heavy (non-hydrogen) atoms. The lowest BCUT2D eigenvalue weighted by atomic mass is 10.1. The summed E-state index contributed by atoms with van der Waals surface area (Å²) in [5, 5.41) is 4.10. The topological polar surface area (TPSA) is 54.3 Å². The maximum absolute atomic E-state index is 11.7. The molecule has 1 saturated heterocycles. The number of piperazine rings is 1. The van der Waals surface area contributed by atoms with Gasteiger partial charge >= 0.3 is 0 Å². The van der Waals surface area contributed by atoms with Crippen LogP contribution in [0.15, 0.2) is 41.5 Å². The molecule has 122 valence electrons. The first-order chi connectivity index (χ1) is 11.1. The van der Waals surface area contributed by atoms with Crippen molar-refractivity contribution in [2.45, 2.75) is 19.4 Å². The minimum absolute atomic E-state index is 0.0616. The van der Waals surface area contributed by atoms with E-state index < -0.39 is 0 Å². The van der Waals surface area contributed by atoms with E-state index in [2.05, 4.69) is 32.9 Å². The molecule has 1 atom stereocenters. The molecule has 3 rings (SSSR count). The number of nitrogens with zero attached hydrogens (tertiary/aromatic N) is 5. The number of aromatic nitrogens is 3. The van der Waals surface area contributed by atoms with Crippen molar-refractivity contribution in [1.29, 1.82) is 0 Å². The number of aryl methyl sites for hydroxylation is 1. The van der Waals surface area contributed by atoms with E-state index in [1.165, 1.54) is 4.68 Å². The third-order valence-electron chi connectivity index (χ3n) is 4.49. The smallest absolute Gasteiger partial charge is 0.268 e. The van der Waals surface area contributed by atoms with Crippen molar-refractivity contribution in [2.24, 2.45) is 7.05 Å². The van der Waals surface area contributed by atoms with Crippen LogP contribution in [0.4, 0.5) is 5.69 Å². The zero-order valence-electron chi connectivity index (χ0n) is 13.7. The summed E-state index contributed by atoms with van der Waals surface area (Å²) in [4.78, 5) is 20.8. The molecule has 0 radical (unpaired) electrons. The van der Waals surface area contributed by atoms with Crippen LogP contribution in [0.25, 0.3) is 0 Å². The van der Waals surface area contributed by atoms with Crippen molar-refractivity contribution < 1.29 is 0 Å². The lowest BCUT2D eigenvalue weighted by Crippen LogP contribution is -2.50. The van der Waals surface area contributed by atoms with Crippen molar-refractivity contribution in [3.05, 3.63) is 52.7 Å². The predicted molar refractivity (Wildman–Crippen MR) is 90.7 cm³/mol. The van der Waals surface area contributed by atoms with Crippen molar-refractivity contribution in [3.8, 4) is 0 Å². The van der Waals surface area contributed by atoms with Gasteiger partial charge in [0.25, 0.3) is 5.56 Å². The van der Waals surface area contributed by atoms with Gasteiger partial charge in [0, 0.05) is 63.6 Å². The Bertz CT molecular complexity index is 692. The summed E-state index contributed by atoms with van der Waals surface area (Å²) >= 11 is 0. The Labute approximate surface area is 136 Å². The van der Waals surface area contributed by atoms with E-state index in [0.29, 0.717) is 6.04 Å². The van der Waals surface area contributed by atoms with Gasteiger partial charge in [-0.15, -0.1) is 0 Å². The van der Waals surface area contributed by atoms with Crippen LogP contribution in [0, 0.1) is 0 Å². The highest BCUT2D eigenvalue weighted by molar-refractivity contribution is 5.43. The number of rotatable bonds is 4. The van der Waals surface area contributed by atoms with Gasteiger partial charge in [-0.3, -0.25) is 14.7 Å². The fraction of sp³-hybridized carbons (Fsp3) is 0.471. The monoisotopic (exact) mass is 313 g/mol. The molecule has 0 N–H and O–H groups in total. The van der Waals surface area contributed by atoms with Crippen LogP contribution in [-0.4, -0.2) is 51.9 Å². The Balaban J connectivity index is 1.57. The van der Waals surface area contributed by atoms with Gasteiger partial charge in [-0.1, -0.05) is 6.07 Å². The molecule has 6 heteroatoms. The van der Waals surface area contributed by atoms with Crippen LogP contribution >= 0.6 is 0 Å². The number of hydrogen-bond donors (Lipinski definition) is 0. The Hall–Kier alpha value is -2.21. The molecular formula is C17H23N5O. The quantitative estimate of drug-likeness (QED) is 0.840. The van der Waals surface area contributed by atoms with Gasteiger partial charge in [0.1, 0.15) is 0 Å². The Kier molecular flexibility index (Phi) is 4.71. The average Bonchev–Trinajstić information content (AvgIpc) is 2.58. The summed E-state index contributed by atoms with van der Waals surface area (Å²) < 4.78 is 1.36. The van der Waals surface area contributed by atoms with Crippen molar-refractivity contribution in [1.82, 2.24) is 19.7 Å². The standard InChI is InChI=1S/C17H23N5O/c1-14(11-15-5-3-4-6-18-15)21-7-9-22(10-8-21)16-12-17(23)20(2)19-13-16/h3-6,12-14H,7-11H2,1-2H3. The molecule has 0 spiro atoms. The second-order valence-corrected chi connectivity index (χ2v) is 6.07. The van der Waals surface area contributed by atoms with Crippen molar-refractivity contribution >= 4 is 5.69 Å². The molecule has 0 aliphatic carbocycles. The Morgan fingerprint density at radius 3 is 2.65 bits per heavy atom. The molecule has 1 fully saturated rings. The van der Waals surface area contributed by atoms with Crippen LogP contribution in [-0.2, 0) is 13.5 Å². The Morgan fingerprint density at radius 1 is 1.22 bits per heavy atom. The number of hydrogen-bond acceptors (Lipinski definition) is 5. The largest absolute Gasteiger partial charge is 0.368 e. The lowest BCUT2D eigenvalue weighted by Gasteiger charge is -2.38. The lowest BCUT2D eigenvalue weighted by molar-refractivity contribution is 0.195. The van der Waals surface area contributed by atoms with Crippen LogP contribution in [0.2, 0.25) is 0 Å². The summed E-state index contributed by atoms with van der Waals surface area (Å²) in [7, 11) is 1.67. The molecule has 3 heterocycles. The van der Waals surface area contributed by atoms with Crippen LogP contribution in [0.5, 0.6) is 0 Å². The molecule has 1 unspecified atom stereocenters. The number of pyridine rings is 1. The molecular weight excluding hydrogens is 290 g/mol. The van der Waals surface area contributed by atoms with Crippen molar-refractivity contribution in [3.63, 3.8) is 0 Å². The SMILES string of the molecule is CC(Cc1ccccn1)N1CCN(c2cnn(C)c(=O)c2)CC1. The molecule has 0 bridgehead atoms. The van der Waals surface area contributed by atoms with Gasteiger partial charge in [0.15, 0.2) is 0 Å². The van der Waals surface area contributed by atoms with E-state index in [0.717, 1.165) is 44.0 Å². The van der Waals surface area contributed by atoms with Gasteiger partial charge in [-0.25, -0.2) is 4.68 Å². The molecule has 1 aliphatic heterocycles. The predicted octanol–water partition coefficient (Wildman–Crippen LogP) is 0.928. The second kappa shape index (κ2) is 6.91. The fourth-order valence-corrected chi connectivity index (χ4v) is 3.00. The molecule has 0 aromatic carbocycles. The van der Waals surface area contributed by atoms with E-state index in [4.69, 9.17) is 0 Å². The first-order valence-electron chi connectivity index (χ1n) is 8.06. The summed E-state index contributed by atoms with van der Waals surface area (Å²) in [5.74, 6) is 0. The van der Waals surface area contributed by atoms with E-state index in [-0.39, 0.29) is 5.56 Å². The maximum Gasteiger partial charge on any atom is 0.268 e. The highest BCUT2D eigenvalue weighted by Crippen LogP contribution is 2.15. The molecule has 2 aromatic rings. The summed E-state index contributed by atoms with van der Waals surface area (Å²) in [6, 6.07) is 8.20. The van der Waals surface area contributed by atoms with E-state index in [1.54, 1.807) is 19.3 Å². The van der Waals surface area contributed by atoms with E-state index >= 15 is 0 Å². The zero-order chi connectivity index (χ0) is 16.2. The van der Waals surface area contributed by atoms with Gasteiger partial charge < -0.3 is 4.90 Å². The van der Waals surface area contributed by atoms with E-state index in [9.17, 15) is 4.79 Å². The maximum atomic E-state index is 11.7. The van der Waals surface area contributed by atoms with Crippen LogP contribution < -0.4 is 10.5 Å². The molecule has 0 amide bonds. The minimum Gasteiger partial charge on any atom is -0.368 e. The molecule has 0 saturated carbocycles. The number of anilines is 1. The molecule has 2 aromatic heterocycles. The van der Waals surface area contributed by atoms with Gasteiger partial charge in [0.05, 0.1) is 11.9 Å². The fourth-order valence-electron chi connectivity index (χ4n) is 3.00. The first kappa shape index (κ1) is 15.7. The molecule has 1 aliphatic rings. The minimum atomic E-state index is -0.0616. The van der Waals surface area contributed by atoms with Crippen molar-refractivity contribution in [2.75, 3.05) is 31.1 Å². The second-order valence-electron chi connectivity index (χ2n) is 6.07. The normalized spacial score (nSPS) is 17.2. The van der Waals surface area contributed by atoms with E-state index in [1.807, 2.05) is 18.3 Å². The highest BCUT2D eigenvalue weighted by atomic mass is 16.1. The van der Waals surface area contributed by atoms with Gasteiger partial charge in [-0.05, 0) is 19.1 Å². The molecule has 6 nitrogen and oxygen atoms in total.